The summed E-state index contributed by atoms with van der Waals surface area (Å²) in [5.74, 6) is -1.82. The highest BCUT2D eigenvalue weighted by atomic mass is 19.4. The van der Waals surface area contributed by atoms with E-state index >= 15 is 0 Å². The van der Waals surface area contributed by atoms with Crippen molar-refractivity contribution >= 4 is 5.91 Å². The highest BCUT2D eigenvalue weighted by molar-refractivity contribution is 5.82. The second-order valence-corrected chi connectivity index (χ2v) is 6.08. The van der Waals surface area contributed by atoms with Crippen LogP contribution in [0.25, 0.3) is 5.69 Å². The Morgan fingerprint density at radius 2 is 1.71 bits per heavy atom. The Labute approximate surface area is 137 Å². The number of tetrazole rings is 1. The van der Waals surface area contributed by atoms with Crippen LogP contribution in [0.2, 0.25) is 0 Å². The van der Waals surface area contributed by atoms with Gasteiger partial charge >= 0.3 is 12.1 Å². The van der Waals surface area contributed by atoms with Crippen molar-refractivity contribution in [1.29, 1.82) is 0 Å². The van der Waals surface area contributed by atoms with Gasteiger partial charge in [-0.15, -0.1) is 5.10 Å². The van der Waals surface area contributed by atoms with Crippen molar-refractivity contribution in [3.8, 4) is 5.69 Å². The molecule has 2 rings (SSSR count). The lowest BCUT2D eigenvalue weighted by atomic mass is 10.0. The van der Waals surface area contributed by atoms with Crippen LogP contribution in [0.1, 0.15) is 30.8 Å². The van der Waals surface area contributed by atoms with Gasteiger partial charge in [0.2, 0.25) is 0 Å². The molecule has 24 heavy (non-hydrogen) atoms. The molecule has 0 spiro atoms. The molecular formula is C15H18F3N5O. The monoisotopic (exact) mass is 341 g/mol. The van der Waals surface area contributed by atoms with Crippen molar-refractivity contribution in [3.05, 3.63) is 35.2 Å². The summed E-state index contributed by atoms with van der Waals surface area (Å²) in [5.41, 5.74) is 1.04. The smallest absolute Gasteiger partial charge is 0.325 e. The van der Waals surface area contributed by atoms with E-state index in [-0.39, 0.29) is 5.82 Å². The molecule has 1 heterocycles. The van der Waals surface area contributed by atoms with Gasteiger partial charge in [0.25, 0.3) is 0 Å². The number of alkyl halides is 3. The van der Waals surface area contributed by atoms with Gasteiger partial charge in [-0.2, -0.15) is 17.9 Å². The van der Waals surface area contributed by atoms with Gasteiger partial charge in [0.05, 0.1) is 11.2 Å². The zero-order chi connectivity index (χ0) is 18.3. The van der Waals surface area contributed by atoms with Crippen LogP contribution < -0.4 is 0 Å². The Hall–Kier alpha value is -2.45. The van der Waals surface area contributed by atoms with Crippen molar-refractivity contribution in [2.45, 2.75) is 39.4 Å². The van der Waals surface area contributed by atoms with Crippen molar-refractivity contribution < 1.29 is 18.0 Å². The molecule has 9 heteroatoms. The molecular weight excluding hydrogens is 323 g/mol. The summed E-state index contributed by atoms with van der Waals surface area (Å²) in [7, 11) is 1.08. The molecule has 0 fully saturated rings. The van der Waals surface area contributed by atoms with Crippen LogP contribution in [0, 0.1) is 13.8 Å². The normalized spacial score (nSPS) is 12.3. The summed E-state index contributed by atoms with van der Waals surface area (Å²) < 4.78 is 39.7. The Bertz CT molecular complexity index is 746. The molecule has 1 amide bonds. The van der Waals surface area contributed by atoms with E-state index in [0.29, 0.717) is 10.6 Å². The lowest BCUT2D eigenvalue weighted by molar-refractivity contribution is -0.189. The molecule has 130 valence electrons. The number of benzene rings is 1. The predicted molar refractivity (Wildman–Crippen MR) is 80.5 cm³/mol. The Kier molecular flexibility index (Phi) is 4.38. The van der Waals surface area contributed by atoms with Gasteiger partial charge < -0.3 is 4.90 Å². The summed E-state index contributed by atoms with van der Waals surface area (Å²) in [5, 5.41) is 11.4. The van der Waals surface area contributed by atoms with Crippen molar-refractivity contribution in [1.82, 2.24) is 25.1 Å². The second-order valence-electron chi connectivity index (χ2n) is 6.08. The Balaban J connectivity index is 2.55. The van der Waals surface area contributed by atoms with Gasteiger partial charge in [-0.25, -0.2) is 0 Å². The average Bonchev–Trinajstić information content (AvgIpc) is 2.94. The molecule has 0 aliphatic rings. The van der Waals surface area contributed by atoms with Crippen molar-refractivity contribution in [3.63, 3.8) is 0 Å². The quantitative estimate of drug-likeness (QED) is 0.861. The van der Waals surface area contributed by atoms with E-state index < -0.39 is 17.6 Å². The highest BCUT2D eigenvalue weighted by Crippen LogP contribution is 2.31. The first kappa shape index (κ1) is 17.9. The molecule has 2 aromatic rings. The minimum Gasteiger partial charge on any atom is -0.325 e. The lowest BCUT2D eigenvalue weighted by Gasteiger charge is -2.34. The molecule has 0 N–H and O–H groups in total. The van der Waals surface area contributed by atoms with Gasteiger partial charge in [-0.3, -0.25) is 4.79 Å². The molecule has 1 aromatic heterocycles. The number of halogens is 3. The van der Waals surface area contributed by atoms with Gasteiger partial charge in [0.15, 0.2) is 5.82 Å². The minimum absolute atomic E-state index is 0.139. The van der Waals surface area contributed by atoms with Gasteiger partial charge in [0.1, 0.15) is 0 Å². The number of amides is 1. The number of carbonyl (C=O) groups is 1. The fourth-order valence-corrected chi connectivity index (χ4v) is 2.45. The van der Waals surface area contributed by atoms with E-state index in [1.165, 1.54) is 18.5 Å². The molecule has 6 nitrogen and oxygen atoms in total. The molecule has 0 bridgehead atoms. The molecule has 0 radical (unpaired) electrons. The first-order valence-electron chi connectivity index (χ1n) is 7.18. The minimum atomic E-state index is -4.97. The summed E-state index contributed by atoms with van der Waals surface area (Å²) in [6.07, 6.45) is -4.97. The maximum atomic E-state index is 12.8. The fraction of sp³-hybridized carbons (Fsp3) is 0.467. The second kappa shape index (κ2) is 5.88. The third-order valence-electron chi connectivity index (χ3n) is 4.05. The number of carbonyl (C=O) groups excluding carboxylic acids is 1. The van der Waals surface area contributed by atoms with Crippen LogP contribution in [0.5, 0.6) is 0 Å². The zero-order valence-electron chi connectivity index (χ0n) is 14.0. The predicted octanol–water partition coefficient (Wildman–Crippen LogP) is 2.53. The van der Waals surface area contributed by atoms with Crippen LogP contribution in [-0.4, -0.2) is 44.2 Å². The van der Waals surface area contributed by atoms with E-state index in [1.807, 2.05) is 32.0 Å². The maximum Gasteiger partial charge on any atom is 0.471 e. The summed E-state index contributed by atoms with van der Waals surface area (Å²) in [6.45, 7) is 6.63. The van der Waals surface area contributed by atoms with E-state index in [0.717, 1.165) is 18.2 Å². The number of hydrogen-bond donors (Lipinski definition) is 0. The third kappa shape index (κ3) is 2.98. The van der Waals surface area contributed by atoms with Crippen LogP contribution in [-0.2, 0) is 10.3 Å². The highest BCUT2D eigenvalue weighted by Gasteiger charge is 2.47. The number of rotatable bonds is 3. The molecule has 0 saturated carbocycles. The van der Waals surface area contributed by atoms with Gasteiger partial charge in [-0.1, -0.05) is 18.2 Å². The largest absolute Gasteiger partial charge is 0.471 e. The van der Waals surface area contributed by atoms with Crippen LogP contribution in [0.4, 0.5) is 13.2 Å². The van der Waals surface area contributed by atoms with Crippen molar-refractivity contribution in [2.75, 3.05) is 7.05 Å². The number of para-hydroxylation sites is 1. The van der Waals surface area contributed by atoms with Gasteiger partial charge in [0, 0.05) is 7.05 Å². The summed E-state index contributed by atoms with van der Waals surface area (Å²) in [4.78, 5) is 12.2. The van der Waals surface area contributed by atoms with E-state index in [2.05, 4.69) is 15.5 Å². The molecule has 1 aromatic carbocycles. The average molecular weight is 341 g/mol. The molecule has 0 saturated heterocycles. The van der Waals surface area contributed by atoms with Crippen LogP contribution in [0.15, 0.2) is 18.2 Å². The lowest BCUT2D eigenvalue weighted by Crippen LogP contribution is -2.49. The number of hydrogen-bond acceptors (Lipinski definition) is 4. The fourth-order valence-electron chi connectivity index (χ4n) is 2.45. The molecule has 0 aliphatic heterocycles. The molecule has 0 aliphatic carbocycles. The summed E-state index contributed by atoms with van der Waals surface area (Å²) in [6, 6.07) is 5.57. The van der Waals surface area contributed by atoms with Crippen LogP contribution in [0.3, 0.4) is 0 Å². The first-order valence-corrected chi connectivity index (χ1v) is 7.18. The van der Waals surface area contributed by atoms with Crippen molar-refractivity contribution in [2.24, 2.45) is 0 Å². The SMILES string of the molecule is Cc1cccc(C)c1-n1nnnc1C(C)(C)N(C)C(=O)C(F)(F)F. The molecule has 0 atom stereocenters. The third-order valence-corrected chi connectivity index (χ3v) is 4.05. The number of aromatic nitrogens is 4. The topological polar surface area (TPSA) is 63.9 Å². The van der Waals surface area contributed by atoms with E-state index in [4.69, 9.17) is 0 Å². The van der Waals surface area contributed by atoms with Gasteiger partial charge in [-0.05, 0) is 49.2 Å². The number of aryl methyl sites for hydroxylation is 2. The molecule has 0 unspecified atom stereocenters. The van der Waals surface area contributed by atoms with Crippen LogP contribution >= 0.6 is 0 Å². The van der Waals surface area contributed by atoms with E-state index in [9.17, 15) is 18.0 Å². The number of nitrogens with zero attached hydrogens (tertiary/aromatic N) is 5. The van der Waals surface area contributed by atoms with E-state index in [1.54, 1.807) is 0 Å². The summed E-state index contributed by atoms with van der Waals surface area (Å²) >= 11 is 0. The standard InChI is InChI=1S/C15H18F3N5O/c1-9-7-6-8-10(2)11(9)23-12(19-20-21-23)14(3,4)22(5)13(24)15(16,17)18/h6-8H,1-5H3. The Morgan fingerprint density at radius 3 is 2.21 bits per heavy atom. The zero-order valence-corrected chi connectivity index (χ0v) is 14.0. The maximum absolute atomic E-state index is 12.8. The first-order chi connectivity index (χ1) is 11.0. The Morgan fingerprint density at radius 1 is 1.17 bits per heavy atom.